The third-order valence-corrected chi connectivity index (χ3v) is 10.3. The maximum Gasteiger partial charge on any atom is 0.193 e. The Bertz CT molecular complexity index is 1010. The van der Waals surface area contributed by atoms with Gasteiger partial charge in [-0.05, 0) is 41.9 Å². The minimum atomic E-state index is -2.01. The van der Waals surface area contributed by atoms with E-state index in [1.54, 1.807) is 6.07 Å². The van der Waals surface area contributed by atoms with E-state index in [4.69, 9.17) is 9.41 Å². The van der Waals surface area contributed by atoms with Crippen molar-refractivity contribution in [2.75, 3.05) is 0 Å². The van der Waals surface area contributed by atoms with Crippen molar-refractivity contribution in [3.63, 3.8) is 0 Å². The molecular weight excluding hydrogens is 341 g/mol. The van der Waals surface area contributed by atoms with Gasteiger partial charge in [0.1, 0.15) is 5.82 Å². The highest BCUT2D eigenvalue weighted by Gasteiger charge is 2.42. The molecule has 0 amide bonds. The molecule has 4 heteroatoms. The van der Waals surface area contributed by atoms with Gasteiger partial charge in [0.25, 0.3) is 0 Å². The average molecular weight is 366 g/mol. The normalized spacial score (nSPS) is 16.6. The Labute approximate surface area is 155 Å². The molecular formula is C22H24FNOSi. The molecule has 0 fully saturated rings. The number of rotatable bonds is 2. The first-order valence-corrected chi connectivity index (χ1v) is 12.0. The predicted molar refractivity (Wildman–Crippen MR) is 107 cm³/mol. The van der Waals surface area contributed by atoms with E-state index in [9.17, 15) is 4.39 Å². The number of hydrogen-bond acceptors (Lipinski definition) is 2. The van der Waals surface area contributed by atoms with Gasteiger partial charge in [0.2, 0.25) is 0 Å². The number of pyridine rings is 1. The lowest BCUT2D eigenvalue weighted by molar-refractivity contribution is 0.226. The summed E-state index contributed by atoms with van der Waals surface area (Å²) >= 11 is 0. The van der Waals surface area contributed by atoms with Crippen LogP contribution in [0.25, 0.3) is 22.2 Å². The molecule has 0 bridgehead atoms. The molecule has 134 valence electrons. The lowest BCUT2D eigenvalue weighted by Crippen LogP contribution is -2.41. The van der Waals surface area contributed by atoms with E-state index in [-0.39, 0.29) is 17.0 Å². The standard InChI is InChI=1S/C22H24FNOSi/c1-22(2,3)26(4,5)25-21-15-10-7-6-9-14(15)20-17(21)13-16-18(23)11-8-12-19(16)24-20/h6-13,21H,1-5H3. The van der Waals surface area contributed by atoms with Crippen molar-refractivity contribution in [3.8, 4) is 11.3 Å². The van der Waals surface area contributed by atoms with Gasteiger partial charge >= 0.3 is 0 Å². The zero-order valence-corrected chi connectivity index (χ0v) is 16.9. The average Bonchev–Trinajstić information content (AvgIpc) is 2.86. The van der Waals surface area contributed by atoms with Crippen molar-refractivity contribution < 1.29 is 8.82 Å². The SMILES string of the molecule is CC(C)(C)[Si](C)(C)OC1c2ccccc2-c2nc3cccc(F)c3cc21. The van der Waals surface area contributed by atoms with Crippen molar-refractivity contribution in [1.29, 1.82) is 0 Å². The van der Waals surface area contributed by atoms with Gasteiger partial charge < -0.3 is 4.43 Å². The molecule has 1 heterocycles. The first-order chi connectivity index (χ1) is 12.2. The second-order valence-corrected chi connectivity index (χ2v) is 13.3. The number of nitrogens with zero attached hydrogens (tertiary/aromatic N) is 1. The summed E-state index contributed by atoms with van der Waals surface area (Å²) in [5, 5.41) is 0.656. The van der Waals surface area contributed by atoms with E-state index in [0.717, 1.165) is 22.4 Å². The quantitative estimate of drug-likeness (QED) is 0.486. The van der Waals surface area contributed by atoms with Crippen LogP contribution >= 0.6 is 0 Å². The zero-order valence-electron chi connectivity index (χ0n) is 15.9. The highest BCUT2D eigenvalue weighted by molar-refractivity contribution is 6.74. The van der Waals surface area contributed by atoms with Gasteiger partial charge in [-0.1, -0.05) is 51.1 Å². The van der Waals surface area contributed by atoms with Crippen LogP contribution in [-0.2, 0) is 4.43 Å². The second-order valence-electron chi connectivity index (χ2n) is 8.58. The summed E-state index contributed by atoms with van der Waals surface area (Å²) in [5.41, 5.74) is 4.82. The first kappa shape index (κ1) is 17.4. The van der Waals surface area contributed by atoms with Crippen LogP contribution in [0.4, 0.5) is 4.39 Å². The van der Waals surface area contributed by atoms with Gasteiger partial charge in [-0.2, -0.15) is 0 Å². The lowest BCUT2D eigenvalue weighted by Gasteiger charge is -2.38. The summed E-state index contributed by atoms with van der Waals surface area (Å²) < 4.78 is 21.1. The van der Waals surface area contributed by atoms with E-state index in [0.29, 0.717) is 10.9 Å². The summed E-state index contributed by atoms with van der Waals surface area (Å²) in [7, 11) is -2.01. The maximum atomic E-state index is 14.4. The third-order valence-electron chi connectivity index (χ3n) is 5.83. The highest BCUT2D eigenvalue weighted by Crippen LogP contribution is 2.49. The van der Waals surface area contributed by atoms with Crippen molar-refractivity contribution in [1.82, 2.24) is 4.98 Å². The second kappa shape index (κ2) is 5.73. The molecule has 0 N–H and O–H groups in total. The molecule has 0 spiro atoms. The van der Waals surface area contributed by atoms with Crippen molar-refractivity contribution >= 4 is 19.2 Å². The van der Waals surface area contributed by atoms with Crippen LogP contribution in [-0.4, -0.2) is 13.3 Å². The molecule has 0 aliphatic heterocycles. The molecule has 0 saturated carbocycles. The fraction of sp³-hybridized carbons (Fsp3) is 0.318. The highest BCUT2D eigenvalue weighted by atomic mass is 28.4. The molecule has 0 radical (unpaired) electrons. The van der Waals surface area contributed by atoms with Gasteiger partial charge in [-0.25, -0.2) is 9.37 Å². The van der Waals surface area contributed by atoms with E-state index < -0.39 is 8.32 Å². The lowest BCUT2D eigenvalue weighted by atomic mass is 10.1. The smallest absolute Gasteiger partial charge is 0.193 e. The number of benzene rings is 2. The minimum absolute atomic E-state index is 0.0974. The molecule has 1 unspecified atom stereocenters. The van der Waals surface area contributed by atoms with E-state index in [1.165, 1.54) is 6.07 Å². The van der Waals surface area contributed by atoms with Crippen LogP contribution in [0.5, 0.6) is 0 Å². The van der Waals surface area contributed by atoms with Crippen molar-refractivity contribution in [3.05, 3.63) is 65.5 Å². The fourth-order valence-electron chi connectivity index (χ4n) is 3.30. The topological polar surface area (TPSA) is 22.1 Å². The monoisotopic (exact) mass is 365 g/mol. The maximum absolute atomic E-state index is 14.4. The summed E-state index contributed by atoms with van der Waals surface area (Å²) in [6.07, 6.45) is -0.182. The van der Waals surface area contributed by atoms with Crippen LogP contribution < -0.4 is 0 Å². The Morgan fingerprint density at radius 3 is 2.46 bits per heavy atom. The summed E-state index contributed by atoms with van der Waals surface area (Å²) in [5.74, 6) is -0.236. The van der Waals surface area contributed by atoms with Gasteiger partial charge in [0, 0.05) is 16.5 Å². The van der Waals surface area contributed by atoms with E-state index >= 15 is 0 Å². The van der Waals surface area contributed by atoms with Crippen LogP contribution in [0, 0.1) is 5.82 Å². The van der Waals surface area contributed by atoms with Crippen LogP contribution in [0.15, 0.2) is 48.5 Å². The Morgan fingerprint density at radius 2 is 1.73 bits per heavy atom. The Hall–Kier alpha value is -2.04. The largest absolute Gasteiger partial charge is 0.406 e. The summed E-state index contributed by atoms with van der Waals surface area (Å²) in [4.78, 5) is 4.80. The Morgan fingerprint density at radius 1 is 1.00 bits per heavy atom. The first-order valence-electron chi connectivity index (χ1n) is 9.05. The van der Waals surface area contributed by atoms with Gasteiger partial charge in [0.05, 0.1) is 17.3 Å². The number of aromatic nitrogens is 1. The molecule has 0 saturated heterocycles. The van der Waals surface area contributed by atoms with Gasteiger partial charge in [0.15, 0.2) is 8.32 Å². The molecule has 1 aliphatic carbocycles. The summed E-state index contributed by atoms with van der Waals surface area (Å²) in [6, 6.07) is 15.2. The Kier molecular flexibility index (Phi) is 3.83. The van der Waals surface area contributed by atoms with E-state index in [1.807, 2.05) is 24.3 Å². The van der Waals surface area contributed by atoms with Crippen LogP contribution in [0.3, 0.4) is 0 Å². The summed E-state index contributed by atoms with van der Waals surface area (Å²) in [6.45, 7) is 11.2. The number of halogens is 1. The predicted octanol–water partition coefficient (Wildman–Crippen LogP) is 6.47. The molecule has 26 heavy (non-hydrogen) atoms. The van der Waals surface area contributed by atoms with Crippen molar-refractivity contribution in [2.24, 2.45) is 0 Å². The molecule has 1 aromatic heterocycles. The van der Waals surface area contributed by atoms with Gasteiger partial charge in [-0.15, -0.1) is 0 Å². The molecule has 4 rings (SSSR count). The molecule has 2 nitrogen and oxygen atoms in total. The molecule has 2 aromatic carbocycles. The van der Waals surface area contributed by atoms with Crippen LogP contribution in [0.2, 0.25) is 18.1 Å². The molecule has 1 aliphatic rings. The molecule has 1 atom stereocenters. The third kappa shape index (κ3) is 2.60. The van der Waals surface area contributed by atoms with Crippen LogP contribution in [0.1, 0.15) is 38.0 Å². The fourth-order valence-corrected chi connectivity index (χ4v) is 4.49. The van der Waals surface area contributed by atoms with E-state index in [2.05, 4.69) is 46.0 Å². The number of fused-ring (bicyclic) bond motifs is 4. The van der Waals surface area contributed by atoms with Gasteiger partial charge in [-0.3, -0.25) is 0 Å². The van der Waals surface area contributed by atoms with Crippen molar-refractivity contribution in [2.45, 2.75) is 45.0 Å². The zero-order chi connectivity index (χ0) is 18.7. The Balaban J connectivity index is 1.93. The number of hydrogen-bond donors (Lipinski definition) is 0. The minimum Gasteiger partial charge on any atom is -0.406 e. The molecule has 3 aromatic rings.